The molecule has 0 bridgehead atoms. The molecule has 0 N–H and O–H groups in total. The standard InChI is InChI=1S/C15H11BrFNO4/c1-9-2-3-10(6-13(9)18(20)21)14(19)8-22-15-5-4-11(17)7-12(15)16/h2-7H,8H2,1H3. The molecule has 7 heteroatoms. The summed E-state index contributed by atoms with van der Waals surface area (Å²) in [5.41, 5.74) is 0.549. The minimum atomic E-state index is -0.538. The summed E-state index contributed by atoms with van der Waals surface area (Å²) < 4.78 is 18.6. The Balaban J connectivity index is 2.12. The van der Waals surface area contributed by atoms with Crippen molar-refractivity contribution in [1.82, 2.24) is 0 Å². The molecule has 0 aromatic heterocycles. The molecular formula is C15H11BrFNO4. The van der Waals surface area contributed by atoms with E-state index in [1.807, 2.05) is 0 Å². The number of halogens is 2. The molecule has 0 saturated carbocycles. The van der Waals surface area contributed by atoms with Gasteiger partial charge in [-0.15, -0.1) is 0 Å². The average Bonchev–Trinajstić information content (AvgIpc) is 2.46. The molecule has 0 atom stereocenters. The van der Waals surface area contributed by atoms with Gasteiger partial charge in [0.1, 0.15) is 11.6 Å². The smallest absolute Gasteiger partial charge is 0.273 e. The van der Waals surface area contributed by atoms with Crippen molar-refractivity contribution in [1.29, 1.82) is 0 Å². The van der Waals surface area contributed by atoms with Crippen LogP contribution in [0, 0.1) is 22.9 Å². The summed E-state index contributed by atoms with van der Waals surface area (Å²) in [4.78, 5) is 22.4. The Morgan fingerprint density at radius 1 is 1.32 bits per heavy atom. The van der Waals surface area contributed by atoms with Gasteiger partial charge in [-0.1, -0.05) is 12.1 Å². The minimum absolute atomic E-state index is 0.117. The maximum atomic E-state index is 13.0. The molecule has 0 amide bonds. The van der Waals surface area contributed by atoms with E-state index in [-0.39, 0.29) is 17.9 Å². The number of ether oxygens (including phenoxy) is 1. The molecule has 0 fully saturated rings. The Labute approximate surface area is 134 Å². The van der Waals surface area contributed by atoms with Gasteiger partial charge in [-0.3, -0.25) is 14.9 Å². The Bertz CT molecular complexity index is 748. The molecule has 2 aromatic carbocycles. The van der Waals surface area contributed by atoms with E-state index in [0.29, 0.717) is 15.8 Å². The molecule has 0 radical (unpaired) electrons. The van der Waals surface area contributed by atoms with Crippen LogP contribution in [0.15, 0.2) is 40.9 Å². The molecule has 0 heterocycles. The number of rotatable bonds is 5. The molecule has 22 heavy (non-hydrogen) atoms. The van der Waals surface area contributed by atoms with Crippen LogP contribution in [-0.4, -0.2) is 17.3 Å². The number of aryl methyl sites for hydroxylation is 1. The van der Waals surface area contributed by atoms with Crippen LogP contribution in [0.2, 0.25) is 0 Å². The third-order valence-corrected chi connectivity index (χ3v) is 3.60. The van der Waals surface area contributed by atoms with Crippen molar-refractivity contribution in [3.8, 4) is 5.75 Å². The summed E-state index contributed by atoms with van der Waals surface area (Å²) in [6.07, 6.45) is 0. The zero-order valence-electron chi connectivity index (χ0n) is 11.5. The van der Waals surface area contributed by atoms with Gasteiger partial charge in [0.25, 0.3) is 5.69 Å². The number of hydrogen-bond acceptors (Lipinski definition) is 4. The second-order valence-electron chi connectivity index (χ2n) is 4.54. The van der Waals surface area contributed by atoms with Crippen molar-refractivity contribution in [2.45, 2.75) is 6.92 Å². The summed E-state index contributed by atoms with van der Waals surface area (Å²) in [6, 6.07) is 8.07. The zero-order chi connectivity index (χ0) is 16.3. The van der Waals surface area contributed by atoms with E-state index in [4.69, 9.17) is 4.74 Å². The fourth-order valence-corrected chi connectivity index (χ4v) is 2.26. The molecule has 114 valence electrons. The van der Waals surface area contributed by atoms with Crippen LogP contribution in [0.4, 0.5) is 10.1 Å². The van der Waals surface area contributed by atoms with E-state index in [9.17, 15) is 19.3 Å². The highest BCUT2D eigenvalue weighted by Crippen LogP contribution is 2.26. The minimum Gasteiger partial charge on any atom is -0.484 e. The van der Waals surface area contributed by atoms with Crippen LogP contribution in [-0.2, 0) is 0 Å². The van der Waals surface area contributed by atoms with Gasteiger partial charge in [0.05, 0.1) is 9.40 Å². The first kappa shape index (κ1) is 16.1. The van der Waals surface area contributed by atoms with Crippen LogP contribution in [0.25, 0.3) is 0 Å². The lowest BCUT2D eigenvalue weighted by atomic mass is 10.1. The predicted molar refractivity (Wildman–Crippen MR) is 81.8 cm³/mol. The van der Waals surface area contributed by atoms with Crippen molar-refractivity contribution < 1.29 is 18.8 Å². The van der Waals surface area contributed by atoms with Crippen LogP contribution in [0.5, 0.6) is 5.75 Å². The zero-order valence-corrected chi connectivity index (χ0v) is 13.1. The fraction of sp³-hybridized carbons (Fsp3) is 0.133. The van der Waals surface area contributed by atoms with Crippen LogP contribution < -0.4 is 4.74 Å². The lowest BCUT2D eigenvalue weighted by Gasteiger charge is -2.08. The van der Waals surface area contributed by atoms with Crippen molar-refractivity contribution in [3.05, 3.63) is 67.9 Å². The number of ketones is 1. The van der Waals surface area contributed by atoms with Crippen molar-refractivity contribution in [3.63, 3.8) is 0 Å². The number of benzene rings is 2. The summed E-state index contributed by atoms with van der Waals surface area (Å²) in [5.74, 6) is -0.518. The highest BCUT2D eigenvalue weighted by molar-refractivity contribution is 9.10. The molecule has 5 nitrogen and oxygen atoms in total. The number of carbonyl (C=O) groups excluding carboxylic acids is 1. The number of nitro benzene ring substituents is 1. The summed E-state index contributed by atoms with van der Waals surface area (Å²) in [7, 11) is 0. The molecule has 2 rings (SSSR count). The first-order valence-corrected chi connectivity index (χ1v) is 7.04. The number of nitrogens with zero attached hydrogens (tertiary/aromatic N) is 1. The molecule has 0 saturated heterocycles. The van der Waals surface area contributed by atoms with Gasteiger partial charge >= 0.3 is 0 Å². The number of Topliss-reactive ketones (excluding diaryl/α,β-unsaturated/α-hetero) is 1. The van der Waals surface area contributed by atoms with Crippen molar-refractivity contribution >= 4 is 27.4 Å². The van der Waals surface area contributed by atoms with Gasteiger partial charge in [0.2, 0.25) is 0 Å². The highest BCUT2D eigenvalue weighted by Gasteiger charge is 2.15. The fourth-order valence-electron chi connectivity index (χ4n) is 1.80. The average molecular weight is 368 g/mol. The quantitative estimate of drug-likeness (QED) is 0.453. The van der Waals surface area contributed by atoms with Gasteiger partial charge in [0.15, 0.2) is 12.4 Å². The highest BCUT2D eigenvalue weighted by atomic mass is 79.9. The summed E-state index contributed by atoms with van der Waals surface area (Å²) in [5, 5.41) is 10.9. The third-order valence-electron chi connectivity index (χ3n) is 2.98. The van der Waals surface area contributed by atoms with E-state index < -0.39 is 16.5 Å². The summed E-state index contributed by atoms with van der Waals surface area (Å²) in [6.45, 7) is 1.29. The normalized spacial score (nSPS) is 10.3. The molecule has 0 aliphatic rings. The van der Waals surface area contributed by atoms with Crippen molar-refractivity contribution in [2.75, 3.05) is 6.61 Å². The maximum absolute atomic E-state index is 13.0. The Morgan fingerprint density at radius 3 is 2.68 bits per heavy atom. The van der Waals surface area contributed by atoms with Crippen LogP contribution in [0.1, 0.15) is 15.9 Å². The second kappa shape index (κ2) is 6.65. The van der Waals surface area contributed by atoms with E-state index in [1.165, 1.54) is 36.4 Å². The summed E-state index contributed by atoms with van der Waals surface area (Å²) >= 11 is 3.13. The van der Waals surface area contributed by atoms with Crippen LogP contribution in [0.3, 0.4) is 0 Å². The van der Waals surface area contributed by atoms with E-state index in [0.717, 1.165) is 0 Å². The maximum Gasteiger partial charge on any atom is 0.273 e. The number of nitro groups is 1. The Kier molecular flexibility index (Phi) is 4.87. The van der Waals surface area contributed by atoms with Gasteiger partial charge < -0.3 is 4.74 Å². The number of carbonyl (C=O) groups is 1. The van der Waals surface area contributed by atoms with E-state index in [2.05, 4.69) is 15.9 Å². The third kappa shape index (κ3) is 3.67. The molecule has 2 aromatic rings. The van der Waals surface area contributed by atoms with Gasteiger partial charge in [-0.05, 0) is 41.1 Å². The van der Waals surface area contributed by atoms with E-state index >= 15 is 0 Å². The lowest BCUT2D eigenvalue weighted by Crippen LogP contribution is -2.12. The lowest BCUT2D eigenvalue weighted by molar-refractivity contribution is -0.385. The second-order valence-corrected chi connectivity index (χ2v) is 5.40. The van der Waals surface area contributed by atoms with Gasteiger partial charge in [-0.2, -0.15) is 0 Å². The largest absolute Gasteiger partial charge is 0.484 e. The number of hydrogen-bond donors (Lipinski definition) is 0. The predicted octanol–water partition coefficient (Wildman–Crippen LogP) is 4.07. The van der Waals surface area contributed by atoms with Gasteiger partial charge in [-0.25, -0.2) is 4.39 Å². The Morgan fingerprint density at radius 2 is 2.05 bits per heavy atom. The molecule has 0 aliphatic heterocycles. The SMILES string of the molecule is Cc1ccc(C(=O)COc2ccc(F)cc2Br)cc1[N+](=O)[O-]. The Hall–Kier alpha value is -2.28. The first-order valence-electron chi connectivity index (χ1n) is 6.24. The molecular weight excluding hydrogens is 357 g/mol. The monoisotopic (exact) mass is 367 g/mol. The van der Waals surface area contributed by atoms with Crippen LogP contribution >= 0.6 is 15.9 Å². The van der Waals surface area contributed by atoms with Gasteiger partial charge in [0, 0.05) is 17.2 Å². The van der Waals surface area contributed by atoms with Crippen molar-refractivity contribution in [2.24, 2.45) is 0 Å². The first-order chi connectivity index (χ1) is 10.4. The molecule has 0 spiro atoms. The topological polar surface area (TPSA) is 69.4 Å². The molecule has 0 unspecified atom stereocenters. The van der Waals surface area contributed by atoms with E-state index in [1.54, 1.807) is 6.92 Å². The molecule has 0 aliphatic carbocycles.